The van der Waals surface area contributed by atoms with Crippen LogP contribution < -0.4 is 9.47 Å². The van der Waals surface area contributed by atoms with Crippen molar-refractivity contribution < 1.29 is 18.7 Å². The van der Waals surface area contributed by atoms with Crippen LogP contribution in [0.25, 0.3) is 0 Å². The fraction of sp³-hybridized carbons (Fsp3) is 0.333. The predicted molar refractivity (Wildman–Crippen MR) is 73.1 cm³/mol. The summed E-state index contributed by atoms with van der Waals surface area (Å²) in [6.45, 7) is 0.391. The normalized spacial score (nSPS) is 12.8. The molecule has 0 saturated carbocycles. The number of ether oxygens (including phenoxy) is 2. The molecule has 0 fully saturated rings. The first-order chi connectivity index (χ1) is 8.63. The van der Waals surface area contributed by atoms with E-state index in [0.717, 1.165) is 0 Å². The Labute approximate surface area is 120 Å². The molecule has 2 rings (SSSR count). The summed E-state index contributed by atoms with van der Waals surface area (Å²) in [6.07, 6.45) is 0.687. The molecule has 1 heterocycles. The molecule has 0 saturated heterocycles. The van der Waals surface area contributed by atoms with E-state index in [2.05, 4.69) is 0 Å². The number of hydrogen-bond donors (Lipinski definition) is 1. The van der Waals surface area contributed by atoms with Crippen LogP contribution in [0.1, 0.15) is 11.1 Å². The predicted octanol–water partition coefficient (Wildman–Crippen LogP) is 1.76. The third-order valence-corrected chi connectivity index (χ3v) is 2.90. The molecule has 0 aromatic heterocycles. The van der Waals surface area contributed by atoms with Gasteiger partial charge in [-0.15, -0.1) is 17.0 Å². The largest absolute Gasteiger partial charge is 0.493 e. The Morgan fingerprint density at radius 3 is 2.68 bits per heavy atom. The van der Waals surface area contributed by atoms with Crippen molar-refractivity contribution in [1.29, 1.82) is 5.41 Å². The van der Waals surface area contributed by atoms with Crippen molar-refractivity contribution in [3.05, 3.63) is 23.0 Å². The van der Waals surface area contributed by atoms with Crippen LogP contribution in [-0.4, -0.2) is 37.8 Å². The molecule has 1 aromatic carbocycles. The Hall–Kier alpha value is -1.63. The number of nitrogens with zero attached hydrogens (tertiary/aromatic N) is 1. The van der Waals surface area contributed by atoms with Gasteiger partial charge in [-0.1, -0.05) is 0 Å². The molecule has 1 aliphatic rings. The zero-order chi connectivity index (χ0) is 13.3. The average Bonchev–Trinajstić information content (AvgIpc) is 2.67. The fourth-order valence-corrected chi connectivity index (χ4v) is 2.07. The molecule has 0 aliphatic carbocycles. The summed E-state index contributed by atoms with van der Waals surface area (Å²) in [5.41, 5.74) is 0.798. The summed E-state index contributed by atoms with van der Waals surface area (Å²) < 4.78 is 24.2. The van der Waals surface area contributed by atoms with E-state index in [-0.39, 0.29) is 46.4 Å². The summed E-state index contributed by atoms with van der Waals surface area (Å²) >= 11 is 0. The fourth-order valence-electron chi connectivity index (χ4n) is 2.07. The Bertz CT molecular complexity index is 522. The first-order valence-corrected chi connectivity index (χ1v) is 5.34. The minimum atomic E-state index is -0.620. The quantitative estimate of drug-likeness (QED) is 0.853. The summed E-state index contributed by atoms with van der Waals surface area (Å²) in [4.78, 5) is 12.0. The Morgan fingerprint density at radius 2 is 2.16 bits per heavy atom. The number of aldehydes is 1. The van der Waals surface area contributed by atoms with Crippen molar-refractivity contribution >= 4 is 29.1 Å². The van der Waals surface area contributed by atoms with E-state index >= 15 is 0 Å². The number of benzene rings is 1. The number of methoxy groups -OCH3 is 2. The number of rotatable bonds is 4. The minimum absolute atomic E-state index is 0. The number of nitrogens with one attached hydrogen (secondary N) is 1. The highest BCUT2D eigenvalue weighted by atomic mass is 79.9. The van der Waals surface area contributed by atoms with Crippen molar-refractivity contribution in [3.8, 4) is 11.5 Å². The van der Waals surface area contributed by atoms with Crippen LogP contribution in [0, 0.1) is 11.2 Å². The zero-order valence-corrected chi connectivity index (χ0v) is 12.2. The molecule has 0 atom stereocenters. The van der Waals surface area contributed by atoms with Crippen LogP contribution in [-0.2, 0) is 11.3 Å². The summed E-state index contributed by atoms with van der Waals surface area (Å²) in [5.74, 6) is -0.357. The highest BCUT2D eigenvalue weighted by Gasteiger charge is 2.31. The van der Waals surface area contributed by atoms with Crippen molar-refractivity contribution in [3.63, 3.8) is 0 Å². The second-order valence-corrected chi connectivity index (χ2v) is 3.86. The summed E-state index contributed by atoms with van der Waals surface area (Å²) in [7, 11) is 2.77. The van der Waals surface area contributed by atoms with Gasteiger partial charge in [-0.2, -0.15) is 0 Å². The third-order valence-electron chi connectivity index (χ3n) is 2.90. The Kier molecular flexibility index (Phi) is 4.88. The summed E-state index contributed by atoms with van der Waals surface area (Å²) in [6, 6.07) is 1.64. The molecule has 5 nitrogen and oxygen atoms in total. The van der Waals surface area contributed by atoms with Gasteiger partial charge in [0.1, 0.15) is 12.1 Å². The number of hydrogen-bond acceptors (Lipinski definition) is 4. The second-order valence-electron chi connectivity index (χ2n) is 3.86. The van der Waals surface area contributed by atoms with E-state index in [4.69, 9.17) is 14.9 Å². The SMILES string of the molecule is Br.COc1cc2c(c(F)c1OC)C(=N)N(CC=O)C2. The third kappa shape index (κ3) is 2.42. The van der Waals surface area contributed by atoms with E-state index in [0.29, 0.717) is 18.4 Å². The van der Waals surface area contributed by atoms with Crippen molar-refractivity contribution in [1.82, 2.24) is 4.90 Å². The van der Waals surface area contributed by atoms with Crippen LogP contribution in [0.2, 0.25) is 0 Å². The molecule has 1 aliphatic heterocycles. The lowest BCUT2D eigenvalue weighted by Crippen LogP contribution is -2.26. The van der Waals surface area contributed by atoms with Gasteiger partial charge in [-0.25, -0.2) is 4.39 Å². The maximum atomic E-state index is 14.2. The molecule has 0 radical (unpaired) electrons. The highest BCUT2D eigenvalue weighted by molar-refractivity contribution is 8.93. The van der Waals surface area contributed by atoms with E-state index in [1.54, 1.807) is 6.07 Å². The highest BCUT2D eigenvalue weighted by Crippen LogP contribution is 2.38. The first kappa shape index (κ1) is 15.4. The zero-order valence-electron chi connectivity index (χ0n) is 10.5. The second kappa shape index (κ2) is 6.01. The van der Waals surface area contributed by atoms with Crippen LogP contribution >= 0.6 is 17.0 Å². The van der Waals surface area contributed by atoms with E-state index in [9.17, 15) is 9.18 Å². The number of amidine groups is 1. The van der Waals surface area contributed by atoms with Gasteiger partial charge in [0, 0.05) is 6.54 Å². The minimum Gasteiger partial charge on any atom is -0.493 e. The smallest absolute Gasteiger partial charge is 0.197 e. The van der Waals surface area contributed by atoms with Gasteiger partial charge >= 0.3 is 0 Å². The van der Waals surface area contributed by atoms with Gasteiger partial charge in [0.05, 0.1) is 26.3 Å². The Morgan fingerprint density at radius 1 is 1.47 bits per heavy atom. The molecule has 0 spiro atoms. The number of carbonyl (C=O) groups excluding carboxylic acids is 1. The average molecular weight is 333 g/mol. The molecule has 0 unspecified atom stereocenters. The van der Waals surface area contributed by atoms with Gasteiger partial charge in [-0.3, -0.25) is 5.41 Å². The van der Waals surface area contributed by atoms with Crippen LogP contribution in [0.3, 0.4) is 0 Å². The van der Waals surface area contributed by atoms with Crippen molar-refractivity contribution in [2.45, 2.75) is 6.54 Å². The maximum absolute atomic E-state index is 14.2. The Balaban J connectivity index is 0.00000180. The van der Waals surface area contributed by atoms with E-state index < -0.39 is 5.82 Å². The van der Waals surface area contributed by atoms with Gasteiger partial charge in [0.15, 0.2) is 17.3 Å². The molecule has 0 bridgehead atoms. The number of halogens is 2. The maximum Gasteiger partial charge on any atom is 0.197 e. The van der Waals surface area contributed by atoms with Crippen LogP contribution in [0.15, 0.2) is 6.07 Å². The summed E-state index contributed by atoms with van der Waals surface area (Å²) in [5, 5.41) is 7.86. The number of fused-ring (bicyclic) bond motifs is 1. The van der Waals surface area contributed by atoms with Gasteiger partial charge in [0.2, 0.25) is 0 Å². The number of carbonyl (C=O) groups is 1. The molecular formula is C12H14BrFN2O3. The van der Waals surface area contributed by atoms with Crippen LogP contribution in [0.4, 0.5) is 4.39 Å². The topological polar surface area (TPSA) is 62.6 Å². The lowest BCUT2D eigenvalue weighted by atomic mass is 10.1. The lowest BCUT2D eigenvalue weighted by Gasteiger charge is -2.13. The van der Waals surface area contributed by atoms with Gasteiger partial charge < -0.3 is 19.2 Å². The molecule has 7 heteroatoms. The van der Waals surface area contributed by atoms with Crippen molar-refractivity contribution in [2.24, 2.45) is 0 Å². The lowest BCUT2D eigenvalue weighted by molar-refractivity contribution is -0.108. The van der Waals surface area contributed by atoms with E-state index in [1.807, 2.05) is 0 Å². The standard InChI is InChI=1S/C12H13FN2O3.BrH/c1-17-8-5-7-6-15(3-4-16)12(14)9(7)10(13)11(8)18-2;/h4-5,14H,3,6H2,1-2H3;1H. The molecule has 104 valence electrons. The molecule has 1 aromatic rings. The molecule has 19 heavy (non-hydrogen) atoms. The molecule has 1 N–H and O–H groups in total. The van der Waals surface area contributed by atoms with Gasteiger partial charge in [0.25, 0.3) is 0 Å². The van der Waals surface area contributed by atoms with Crippen LogP contribution in [0.5, 0.6) is 11.5 Å². The van der Waals surface area contributed by atoms with E-state index in [1.165, 1.54) is 19.1 Å². The molecule has 0 amide bonds. The first-order valence-electron chi connectivity index (χ1n) is 5.34. The van der Waals surface area contributed by atoms with Crippen molar-refractivity contribution in [2.75, 3.05) is 20.8 Å². The van der Waals surface area contributed by atoms with Gasteiger partial charge in [-0.05, 0) is 11.6 Å². The monoisotopic (exact) mass is 332 g/mol. The molecular weight excluding hydrogens is 319 g/mol.